The number of ether oxygens (including phenoxy) is 2. The SMILES string of the molecule is COC(=O)COC(=O)N1CCc2c(sc(NC(=O)CCc3ccccc3)c2C#N)C1. The molecule has 2 heterocycles. The van der Waals surface area contributed by atoms with Crippen molar-refractivity contribution in [3.8, 4) is 6.07 Å². The number of anilines is 1. The summed E-state index contributed by atoms with van der Waals surface area (Å²) in [6, 6.07) is 11.9. The van der Waals surface area contributed by atoms with Crippen molar-refractivity contribution >= 4 is 34.3 Å². The molecule has 0 aliphatic carbocycles. The minimum absolute atomic E-state index is 0.164. The third-order valence-electron chi connectivity index (χ3n) is 4.70. The largest absolute Gasteiger partial charge is 0.466 e. The van der Waals surface area contributed by atoms with Gasteiger partial charge in [-0.1, -0.05) is 30.3 Å². The number of aryl methyl sites for hydroxylation is 1. The van der Waals surface area contributed by atoms with E-state index in [0.29, 0.717) is 36.4 Å². The Kier molecular flexibility index (Phi) is 7.03. The molecule has 1 aliphatic heterocycles. The molecule has 0 saturated heterocycles. The lowest BCUT2D eigenvalue weighted by Crippen LogP contribution is -2.36. The Morgan fingerprint density at radius 1 is 1.27 bits per heavy atom. The van der Waals surface area contributed by atoms with E-state index in [9.17, 15) is 19.6 Å². The first-order valence-corrected chi connectivity index (χ1v) is 10.2. The molecule has 0 unspecified atom stereocenters. The van der Waals surface area contributed by atoms with Crippen molar-refractivity contribution in [3.05, 3.63) is 51.9 Å². The number of esters is 1. The summed E-state index contributed by atoms with van der Waals surface area (Å²) < 4.78 is 9.39. The van der Waals surface area contributed by atoms with Gasteiger partial charge in [-0.3, -0.25) is 4.79 Å². The third kappa shape index (κ3) is 5.15. The number of nitrogens with one attached hydrogen (secondary N) is 1. The van der Waals surface area contributed by atoms with Gasteiger partial charge in [-0.05, 0) is 24.0 Å². The van der Waals surface area contributed by atoms with Crippen molar-refractivity contribution in [2.75, 3.05) is 25.6 Å². The fourth-order valence-electron chi connectivity index (χ4n) is 3.13. The number of thiophene rings is 1. The fourth-order valence-corrected chi connectivity index (χ4v) is 4.36. The molecule has 0 spiro atoms. The monoisotopic (exact) mass is 427 g/mol. The Balaban J connectivity index is 1.63. The smallest absolute Gasteiger partial charge is 0.410 e. The summed E-state index contributed by atoms with van der Waals surface area (Å²) >= 11 is 1.29. The van der Waals surface area contributed by atoms with Crippen LogP contribution in [0.25, 0.3) is 0 Å². The average Bonchev–Trinajstić information content (AvgIpc) is 3.12. The minimum atomic E-state index is -0.635. The second kappa shape index (κ2) is 9.89. The summed E-state index contributed by atoms with van der Waals surface area (Å²) in [6.45, 7) is 0.170. The summed E-state index contributed by atoms with van der Waals surface area (Å²) in [5.74, 6) is -0.798. The van der Waals surface area contributed by atoms with E-state index in [1.54, 1.807) is 0 Å². The summed E-state index contributed by atoms with van der Waals surface area (Å²) in [7, 11) is 1.22. The number of nitriles is 1. The van der Waals surface area contributed by atoms with Crippen LogP contribution in [0.4, 0.5) is 9.80 Å². The Bertz CT molecular complexity index is 981. The van der Waals surface area contributed by atoms with Gasteiger partial charge >= 0.3 is 12.1 Å². The van der Waals surface area contributed by atoms with Gasteiger partial charge in [-0.15, -0.1) is 11.3 Å². The molecule has 2 aromatic rings. The number of fused-ring (bicyclic) bond motifs is 1. The number of rotatable bonds is 6. The lowest BCUT2D eigenvalue weighted by atomic mass is 10.0. The Labute approximate surface area is 178 Å². The molecule has 30 heavy (non-hydrogen) atoms. The molecule has 156 valence electrons. The first kappa shape index (κ1) is 21.3. The summed E-state index contributed by atoms with van der Waals surface area (Å²) in [5.41, 5.74) is 2.36. The predicted molar refractivity (Wildman–Crippen MR) is 110 cm³/mol. The second-order valence-corrected chi connectivity index (χ2v) is 7.76. The molecular formula is C21H21N3O5S. The molecule has 2 amide bonds. The lowest BCUT2D eigenvalue weighted by molar-refractivity contribution is -0.144. The van der Waals surface area contributed by atoms with Crippen molar-refractivity contribution in [1.82, 2.24) is 4.90 Å². The van der Waals surface area contributed by atoms with Crippen molar-refractivity contribution in [2.24, 2.45) is 0 Å². The van der Waals surface area contributed by atoms with Crippen molar-refractivity contribution in [1.29, 1.82) is 5.26 Å². The average molecular weight is 427 g/mol. The maximum absolute atomic E-state index is 12.4. The van der Waals surface area contributed by atoms with Gasteiger partial charge in [-0.25, -0.2) is 9.59 Å². The Morgan fingerprint density at radius 3 is 2.73 bits per heavy atom. The zero-order valence-corrected chi connectivity index (χ0v) is 17.3. The fraction of sp³-hybridized carbons (Fsp3) is 0.333. The number of amides is 2. The summed E-state index contributed by atoms with van der Waals surface area (Å²) in [6.07, 6.45) is 0.775. The number of nitrogens with zero attached hydrogens (tertiary/aromatic N) is 2. The van der Waals surface area contributed by atoms with Gasteiger partial charge in [-0.2, -0.15) is 5.26 Å². The van der Waals surface area contributed by atoms with E-state index in [2.05, 4.69) is 16.1 Å². The molecule has 1 aromatic carbocycles. The molecule has 1 aliphatic rings. The van der Waals surface area contributed by atoms with E-state index in [0.717, 1.165) is 16.0 Å². The molecule has 0 atom stereocenters. The van der Waals surface area contributed by atoms with E-state index in [-0.39, 0.29) is 12.5 Å². The van der Waals surface area contributed by atoms with Gasteiger partial charge in [0.15, 0.2) is 6.61 Å². The standard InChI is InChI=1S/C21H21N3O5S/c1-28-19(26)13-29-21(27)24-10-9-15-16(11-22)20(30-17(15)12-24)23-18(25)8-7-14-5-3-2-4-6-14/h2-6H,7-10,12-13H2,1H3,(H,23,25). The number of methoxy groups -OCH3 is 1. The lowest BCUT2D eigenvalue weighted by Gasteiger charge is -2.25. The molecule has 0 bridgehead atoms. The number of hydrogen-bond donors (Lipinski definition) is 1. The molecule has 3 rings (SSSR count). The van der Waals surface area contributed by atoms with Crippen LogP contribution in [0.2, 0.25) is 0 Å². The van der Waals surface area contributed by atoms with E-state index in [1.165, 1.54) is 23.3 Å². The molecular weight excluding hydrogens is 406 g/mol. The van der Waals surface area contributed by atoms with Crippen LogP contribution < -0.4 is 5.32 Å². The predicted octanol–water partition coefficient (Wildman–Crippen LogP) is 2.86. The Hall–Kier alpha value is -3.38. The first-order valence-electron chi connectivity index (χ1n) is 9.38. The van der Waals surface area contributed by atoms with E-state index in [4.69, 9.17) is 4.74 Å². The van der Waals surface area contributed by atoms with Crippen LogP contribution in [0.5, 0.6) is 0 Å². The van der Waals surface area contributed by atoms with Crippen molar-refractivity contribution in [3.63, 3.8) is 0 Å². The highest BCUT2D eigenvalue weighted by Crippen LogP contribution is 2.36. The summed E-state index contributed by atoms with van der Waals surface area (Å²) in [5, 5.41) is 12.9. The number of benzene rings is 1. The van der Waals surface area contributed by atoms with Crippen LogP contribution in [0.15, 0.2) is 30.3 Å². The van der Waals surface area contributed by atoms with E-state index < -0.39 is 18.7 Å². The van der Waals surface area contributed by atoms with Crippen LogP contribution in [0.1, 0.15) is 28.0 Å². The Morgan fingerprint density at radius 2 is 2.03 bits per heavy atom. The van der Waals surface area contributed by atoms with Crippen LogP contribution in [0, 0.1) is 11.3 Å². The topological polar surface area (TPSA) is 109 Å². The van der Waals surface area contributed by atoms with Crippen LogP contribution >= 0.6 is 11.3 Å². The highest BCUT2D eigenvalue weighted by Gasteiger charge is 2.28. The zero-order chi connectivity index (χ0) is 21.5. The molecule has 1 aromatic heterocycles. The maximum Gasteiger partial charge on any atom is 0.410 e. The molecule has 9 heteroatoms. The maximum atomic E-state index is 12.4. The van der Waals surface area contributed by atoms with Gasteiger partial charge in [0, 0.05) is 17.8 Å². The molecule has 0 fully saturated rings. The van der Waals surface area contributed by atoms with Crippen LogP contribution in [0.3, 0.4) is 0 Å². The van der Waals surface area contributed by atoms with Gasteiger partial charge in [0.2, 0.25) is 5.91 Å². The van der Waals surface area contributed by atoms with Crippen molar-refractivity contribution in [2.45, 2.75) is 25.8 Å². The van der Waals surface area contributed by atoms with E-state index >= 15 is 0 Å². The highest BCUT2D eigenvalue weighted by molar-refractivity contribution is 7.16. The second-order valence-electron chi connectivity index (χ2n) is 6.66. The van der Waals surface area contributed by atoms with Crippen molar-refractivity contribution < 1.29 is 23.9 Å². The quantitative estimate of drug-likeness (QED) is 0.710. The normalized spacial score (nSPS) is 12.5. The molecule has 0 radical (unpaired) electrons. The number of carbonyl (C=O) groups excluding carboxylic acids is 3. The molecule has 8 nitrogen and oxygen atoms in total. The summed E-state index contributed by atoms with van der Waals surface area (Å²) in [4.78, 5) is 38.0. The molecule has 1 N–H and O–H groups in total. The van der Waals surface area contributed by atoms with Gasteiger partial charge in [0.05, 0.1) is 19.2 Å². The van der Waals surface area contributed by atoms with Gasteiger partial charge in [0.25, 0.3) is 0 Å². The minimum Gasteiger partial charge on any atom is -0.466 e. The van der Waals surface area contributed by atoms with Gasteiger partial charge in [0.1, 0.15) is 11.1 Å². The highest BCUT2D eigenvalue weighted by atomic mass is 32.1. The third-order valence-corrected chi connectivity index (χ3v) is 5.84. The number of carbonyl (C=O) groups is 3. The molecule has 0 saturated carbocycles. The van der Waals surface area contributed by atoms with Crippen LogP contribution in [-0.4, -0.2) is 43.1 Å². The number of hydrogen-bond acceptors (Lipinski definition) is 7. The first-order chi connectivity index (χ1) is 14.5. The zero-order valence-electron chi connectivity index (χ0n) is 16.5. The van der Waals surface area contributed by atoms with Crippen LogP contribution in [-0.2, 0) is 38.4 Å². The van der Waals surface area contributed by atoms with E-state index in [1.807, 2.05) is 30.3 Å². The van der Waals surface area contributed by atoms with Gasteiger partial charge < -0.3 is 19.7 Å².